The molecule has 6 heteroatoms. The molecule has 23 heavy (non-hydrogen) atoms. The number of nitrogens with one attached hydrogen (secondary N) is 1. The van der Waals surface area contributed by atoms with Crippen LogP contribution in [0.1, 0.15) is 31.1 Å². The number of benzene rings is 1. The quantitative estimate of drug-likeness (QED) is 0.852. The number of rotatable bonds is 4. The van der Waals surface area contributed by atoms with Gasteiger partial charge in [0.25, 0.3) is 0 Å². The molecule has 1 atom stereocenters. The Morgan fingerprint density at radius 3 is 2.04 bits per heavy atom. The SMILES string of the molecule is CC(=O)Nc1ccc(C(=O)C(C)N2CCN(C(C)=O)CC2)cc1. The highest BCUT2D eigenvalue weighted by molar-refractivity contribution is 6.00. The van der Waals surface area contributed by atoms with Crippen molar-refractivity contribution in [2.75, 3.05) is 31.5 Å². The van der Waals surface area contributed by atoms with Crippen LogP contribution >= 0.6 is 0 Å². The number of hydrogen-bond donors (Lipinski definition) is 1. The third kappa shape index (κ3) is 4.39. The summed E-state index contributed by atoms with van der Waals surface area (Å²) in [6.45, 7) is 7.64. The zero-order chi connectivity index (χ0) is 17.0. The highest BCUT2D eigenvalue weighted by Crippen LogP contribution is 2.15. The molecule has 0 aliphatic carbocycles. The zero-order valence-electron chi connectivity index (χ0n) is 13.8. The van der Waals surface area contributed by atoms with E-state index in [1.807, 2.05) is 6.92 Å². The number of ketones is 1. The Kier molecular flexibility index (Phi) is 5.50. The van der Waals surface area contributed by atoms with Gasteiger partial charge in [-0.25, -0.2) is 0 Å². The molecule has 0 bridgehead atoms. The number of carbonyl (C=O) groups is 3. The highest BCUT2D eigenvalue weighted by Gasteiger charge is 2.26. The number of carbonyl (C=O) groups excluding carboxylic acids is 3. The van der Waals surface area contributed by atoms with Crippen molar-refractivity contribution in [3.63, 3.8) is 0 Å². The predicted octanol–water partition coefficient (Wildman–Crippen LogP) is 1.38. The van der Waals surface area contributed by atoms with Gasteiger partial charge in [0.1, 0.15) is 0 Å². The molecule has 1 aromatic rings. The molecule has 0 spiro atoms. The number of amides is 2. The molecule has 124 valence electrons. The van der Waals surface area contributed by atoms with Crippen molar-refractivity contribution < 1.29 is 14.4 Å². The number of Topliss-reactive ketones (excluding diaryl/α,β-unsaturated/α-hetero) is 1. The van der Waals surface area contributed by atoms with Crippen LogP contribution in [-0.2, 0) is 9.59 Å². The van der Waals surface area contributed by atoms with E-state index in [0.29, 0.717) is 37.4 Å². The Morgan fingerprint density at radius 1 is 1.00 bits per heavy atom. The fraction of sp³-hybridized carbons (Fsp3) is 0.471. The summed E-state index contributed by atoms with van der Waals surface area (Å²) in [5.41, 5.74) is 1.30. The standard InChI is InChI=1S/C17H23N3O3/c1-12(19-8-10-20(11-9-19)14(3)22)17(23)15-4-6-16(7-5-15)18-13(2)21/h4-7,12H,8-11H2,1-3H3,(H,18,21). The number of anilines is 1. The Labute approximate surface area is 136 Å². The third-order valence-corrected chi connectivity index (χ3v) is 4.18. The Bertz CT molecular complexity index is 590. The van der Waals surface area contributed by atoms with Crippen LogP contribution in [0.15, 0.2) is 24.3 Å². The molecule has 1 unspecified atom stereocenters. The van der Waals surface area contributed by atoms with Gasteiger partial charge in [0.05, 0.1) is 6.04 Å². The van der Waals surface area contributed by atoms with Crippen LogP contribution in [-0.4, -0.2) is 59.6 Å². The summed E-state index contributed by atoms with van der Waals surface area (Å²) < 4.78 is 0. The molecule has 1 aliphatic rings. The lowest BCUT2D eigenvalue weighted by Gasteiger charge is -2.37. The van der Waals surface area contributed by atoms with E-state index in [4.69, 9.17) is 0 Å². The summed E-state index contributed by atoms with van der Waals surface area (Å²) in [6, 6.07) is 6.70. The second-order valence-corrected chi connectivity index (χ2v) is 5.84. The van der Waals surface area contributed by atoms with Gasteiger partial charge in [0.2, 0.25) is 11.8 Å². The smallest absolute Gasteiger partial charge is 0.221 e. The van der Waals surface area contributed by atoms with E-state index >= 15 is 0 Å². The average Bonchev–Trinajstić information content (AvgIpc) is 2.53. The Balaban J connectivity index is 1.97. The minimum atomic E-state index is -0.226. The third-order valence-electron chi connectivity index (χ3n) is 4.18. The van der Waals surface area contributed by atoms with Gasteiger partial charge in [0, 0.05) is 51.3 Å². The van der Waals surface area contributed by atoms with E-state index in [-0.39, 0.29) is 23.6 Å². The van der Waals surface area contributed by atoms with E-state index in [1.54, 1.807) is 36.1 Å². The first-order chi connectivity index (χ1) is 10.9. The van der Waals surface area contributed by atoms with E-state index in [1.165, 1.54) is 6.92 Å². The van der Waals surface area contributed by atoms with Crippen LogP contribution in [0.3, 0.4) is 0 Å². The molecular formula is C17H23N3O3. The monoisotopic (exact) mass is 317 g/mol. The van der Waals surface area contributed by atoms with Gasteiger partial charge in [-0.05, 0) is 31.2 Å². The molecule has 1 aromatic carbocycles. The summed E-state index contributed by atoms with van der Waals surface area (Å²) in [6.07, 6.45) is 0. The van der Waals surface area contributed by atoms with Crippen molar-refractivity contribution in [3.05, 3.63) is 29.8 Å². The lowest BCUT2D eigenvalue weighted by molar-refractivity contribution is -0.130. The van der Waals surface area contributed by atoms with Gasteiger partial charge in [-0.15, -0.1) is 0 Å². The number of nitrogens with zero attached hydrogens (tertiary/aromatic N) is 2. The molecule has 0 radical (unpaired) electrons. The summed E-state index contributed by atoms with van der Waals surface area (Å²) in [5, 5.41) is 2.68. The first-order valence-corrected chi connectivity index (χ1v) is 7.80. The highest BCUT2D eigenvalue weighted by atomic mass is 16.2. The molecule has 6 nitrogen and oxygen atoms in total. The van der Waals surface area contributed by atoms with Gasteiger partial charge >= 0.3 is 0 Å². The Hall–Kier alpha value is -2.21. The molecule has 0 saturated carbocycles. The van der Waals surface area contributed by atoms with Gasteiger partial charge in [-0.2, -0.15) is 0 Å². The molecule has 1 fully saturated rings. The first kappa shape index (κ1) is 17.1. The predicted molar refractivity (Wildman–Crippen MR) is 88.4 cm³/mol. The van der Waals surface area contributed by atoms with Gasteiger partial charge in [0.15, 0.2) is 5.78 Å². The molecule has 1 N–H and O–H groups in total. The lowest BCUT2D eigenvalue weighted by Crippen LogP contribution is -2.52. The summed E-state index contributed by atoms with van der Waals surface area (Å²) >= 11 is 0. The van der Waals surface area contributed by atoms with Gasteiger partial charge in [-0.3, -0.25) is 19.3 Å². The van der Waals surface area contributed by atoms with E-state index in [2.05, 4.69) is 10.2 Å². The zero-order valence-corrected chi connectivity index (χ0v) is 13.8. The van der Waals surface area contributed by atoms with Crippen LogP contribution in [0, 0.1) is 0 Å². The van der Waals surface area contributed by atoms with Crippen molar-refractivity contribution in [1.29, 1.82) is 0 Å². The molecular weight excluding hydrogens is 294 g/mol. The number of hydrogen-bond acceptors (Lipinski definition) is 4. The molecule has 1 aliphatic heterocycles. The summed E-state index contributed by atoms with van der Waals surface area (Å²) in [5.74, 6) is -0.00590. The topological polar surface area (TPSA) is 69.7 Å². The van der Waals surface area contributed by atoms with Crippen LogP contribution in [0.2, 0.25) is 0 Å². The summed E-state index contributed by atoms with van der Waals surface area (Å²) in [7, 11) is 0. The fourth-order valence-electron chi connectivity index (χ4n) is 2.75. The molecule has 2 amide bonds. The van der Waals surface area contributed by atoms with Crippen LogP contribution in [0.4, 0.5) is 5.69 Å². The molecule has 1 saturated heterocycles. The average molecular weight is 317 g/mol. The van der Waals surface area contributed by atoms with Crippen molar-refractivity contribution in [2.45, 2.75) is 26.8 Å². The maximum absolute atomic E-state index is 12.6. The minimum Gasteiger partial charge on any atom is -0.340 e. The van der Waals surface area contributed by atoms with Crippen molar-refractivity contribution >= 4 is 23.3 Å². The fourth-order valence-corrected chi connectivity index (χ4v) is 2.75. The van der Waals surface area contributed by atoms with Crippen LogP contribution < -0.4 is 5.32 Å². The second-order valence-electron chi connectivity index (χ2n) is 5.84. The van der Waals surface area contributed by atoms with Crippen molar-refractivity contribution in [3.8, 4) is 0 Å². The maximum Gasteiger partial charge on any atom is 0.221 e. The van der Waals surface area contributed by atoms with Crippen molar-refractivity contribution in [2.24, 2.45) is 0 Å². The van der Waals surface area contributed by atoms with E-state index in [9.17, 15) is 14.4 Å². The molecule has 2 rings (SSSR count). The number of piperazine rings is 1. The van der Waals surface area contributed by atoms with E-state index in [0.717, 1.165) is 0 Å². The van der Waals surface area contributed by atoms with Gasteiger partial charge in [-0.1, -0.05) is 0 Å². The first-order valence-electron chi connectivity index (χ1n) is 7.80. The van der Waals surface area contributed by atoms with Gasteiger partial charge < -0.3 is 10.2 Å². The van der Waals surface area contributed by atoms with Crippen molar-refractivity contribution in [1.82, 2.24) is 9.80 Å². The normalized spacial score (nSPS) is 16.7. The second kappa shape index (κ2) is 7.37. The molecule has 0 aromatic heterocycles. The van der Waals surface area contributed by atoms with E-state index < -0.39 is 0 Å². The minimum absolute atomic E-state index is 0.0515. The largest absolute Gasteiger partial charge is 0.340 e. The molecule has 1 heterocycles. The maximum atomic E-state index is 12.6. The van der Waals surface area contributed by atoms with Crippen LogP contribution in [0.5, 0.6) is 0 Å². The lowest BCUT2D eigenvalue weighted by atomic mass is 10.0. The summed E-state index contributed by atoms with van der Waals surface area (Å²) in [4.78, 5) is 38.8. The Morgan fingerprint density at radius 2 is 1.57 bits per heavy atom. The van der Waals surface area contributed by atoms with Crippen LogP contribution in [0.25, 0.3) is 0 Å².